The van der Waals surface area contributed by atoms with E-state index < -0.39 is 32.5 Å². The molecule has 0 radical (unpaired) electrons. The van der Waals surface area contributed by atoms with Gasteiger partial charge in [-0.1, -0.05) is 42.8 Å². The maximum Gasteiger partial charge on any atom is 0.290 e. The van der Waals surface area contributed by atoms with Crippen LogP contribution in [0.2, 0.25) is 5.02 Å². The lowest BCUT2D eigenvalue weighted by Gasteiger charge is -2.10. The summed E-state index contributed by atoms with van der Waals surface area (Å²) >= 11 is 5.87. The molecule has 1 aromatic heterocycles. The van der Waals surface area contributed by atoms with Crippen LogP contribution in [0.3, 0.4) is 0 Å². The van der Waals surface area contributed by atoms with E-state index in [1.165, 1.54) is 19.1 Å². The number of phenols is 1. The number of rotatable bonds is 4. The average Bonchev–Trinajstić information content (AvgIpc) is 2.71. The zero-order valence-corrected chi connectivity index (χ0v) is 16.6. The highest BCUT2D eigenvalue weighted by molar-refractivity contribution is 7.91. The molecule has 2 aromatic carbocycles. The molecule has 0 saturated carbocycles. The number of phenolic OH excluding ortho intramolecular Hbond substituents is 1. The molecule has 0 atom stereocenters. The van der Waals surface area contributed by atoms with Gasteiger partial charge in [0.25, 0.3) is 11.8 Å². The Morgan fingerprint density at radius 1 is 1.10 bits per heavy atom. The lowest BCUT2D eigenvalue weighted by molar-refractivity contribution is 0.0842. The van der Waals surface area contributed by atoms with E-state index in [-0.39, 0.29) is 22.1 Å². The highest BCUT2D eigenvalue weighted by Crippen LogP contribution is 2.24. The minimum Gasteiger partial charge on any atom is -0.507 e. The van der Waals surface area contributed by atoms with E-state index >= 15 is 0 Å². The summed E-state index contributed by atoms with van der Waals surface area (Å²) in [4.78, 5) is 32.0. The van der Waals surface area contributed by atoms with Gasteiger partial charge in [0.15, 0.2) is 5.69 Å². The first-order chi connectivity index (χ1) is 13.7. The van der Waals surface area contributed by atoms with Crippen LogP contribution >= 0.6 is 11.6 Å². The molecule has 150 valence electrons. The maximum atomic E-state index is 12.4. The van der Waals surface area contributed by atoms with Gasteiger partial charge in [-0.3, -0.25) is 20.4 Å². The number of nitrogens with one attached hydrogen (secondary N) is 2. The predicted octanol–water partition coefficient (Wildman–Crippen LogP) is 1.86. The number of amides is 2. The largest absolute Gasteiger partial charge is 0.507 e. The first-order valence-corrected chi connectivity index (χ1v) is 10.3. The summed E-state index contributed by atoms with van der Waals surface area (Å²) in [5.74, 6) is -2.26. The molecule has 3 aromatic rings. The number of hydrogen-bond donors (Lipinski definition) is 3. The highest BCUT2D eigenvalue weighted by Gasteiger charge is 2.21. The van der Waals surface area contributed by atoms with Crippen LogP contribution in [-0.4, -0.2) is 41.1 Å². The first-order valence-electron chi connectivity index (χ1n) is 8.30. The first kappa shape index (κ1) is 20.5. The number of hydrazine groups is 1. The quantitative estimate of drug-likeness (QED) is 0.420. The molecule has 0 aliphatic heterocycles. The van der Waals surface area contributed by atoms with Gasteiger partial charge in [0, 0.05) is 0 Å². The molecule has 0 unspecified atom stereocenters. The molecule has 0 spiro atoms. The van der Waals surface area contributed by atoms with E-state index in [0.29, 0.717) is 0 Å². The smallest absolute Gasteiger partial charge is 0.290 e. The van der Waals surface area contributed by atoms with Crippen molar-refractivity contribution >= 4 is 44.0 Å². The summed E-state index contributed by atoms with van der Waals surface area (Å²) in [6.45, 7) is 1.41. The minimum absolute atomic E-state index is 0.0629. The van der Waals surface area contributed by atoms with Crippen molar-refractivity contribution < 1.29 is 23.1 Å². The topological polar surface area (TPSA) is 138 Å². The zero-order valence-electron chi connectivity index (χ0n) is 15.0. The van der Waals surface area contributed by atoms with Crippen molar-refractivity contribution in [1.82, 2.24) is 20.8 Å². The second kappa shape index (κ2) is 8.02. The number of aromatic nitrogens is 2. The molecule has 11 heteroatoms. The number of aromatic hydroxyl groups is 1. The number of benzene rings is 2. The molecule has 29 heavy (non-hydrogen) atoms. The molecule has 1 heterocycles. The molecule has 3 rings (SSSR count). The van der Waals surface area contributed by atoms with Gasteiger partial charge in [0.2, 0.25) is 15.0 Å². The van der Waals surface area contributed by atoms with Gasteiger partial charge >= 0.3 is 0 Å². The molecule has 0 fully saturated rings. The van der Waals surface area contributed by atoms with Crippen molar-refractivity contribution in [3.63, 3.8) is 0 Å². The van der Waals surface area contributed by atoms with E-state index in [1.807, 2.05) is 0 Å². The molecular formula is C18H15ClN4O5S. The highest BCUT2D eigenvalue weighted by atomic mass is 35.5. The Bertz CT molecular complexity index is 1230. The number of sulfone groups is 1. The summed E-state index contributed by atoms with van der Waals surface area (Å²) in [6, 6.07) is 10.0. The van der Waals surface area contributed by atoms with Crippen LogP contribution in [0.1, 0.15) is 27.8 Å². The van der Waals surface area contributed by atoms with Gasteiger partial charge in [-0.05, 0) is 22.9 Å². The van der Waals surface area contributed by atoms with Crippen molar-refractivity contribution in [2.75, 3.05) is 5.75 Å². The van der Waals surface area contributed by atoms with E-state index in [2.05, 4.69) is 20.8 Å². The minimum atomic E-state index is -3.75. The monoisotopic (exact) mass is 434 g/mol. The van der Waals surface area contributed by atoms with E-state index in [1.54, 1.807) is 24.3 Å². The SMILES string of the molecule is CCS(=O)(=O)c1ncc(Cl)c(C(=O)NNC(=O)c2cc3ccccc3cc2O)n1. The Kier molecular flexibility index (Phi) is 5.66. The van der Waals surface area contributed by atoms with Crippen LogP contribution in [0, 0.1) is 0 Å². The van der Waals surface area contributed by atoms with Gasteiger partial charge in [-0.15, -0.1) is 0 Å². The second-order valence-electron chi connectivity index (χ2n) is 5.88. The normalized spacial score (nSPS) is 11.2. The number of carbonyl (C=O) groups is 2. The Hall–Kier alpha value is -3.24. The fourth-order valence-electron chi connectivity index (χ4n) is 2.44. The Labute approximate surface area is 170 Å². The van der Waals surface area contributed by atoms with Crippen molar-refractivity contribution in [1.29, 1.82) is 0 Å². The van der Waals surface area contributed by atoms with Crippen LogP contribution in [0.5, 0.6) is 5.75 Å². The van der Waals surface area contributed by atoms with Gasteiger partial charge in [-0.2, -0.15) is 0 Å². The van der Waals surface area contributed by atoms with Gasteiger partial charge in [-0.25, -0.2) is 18.4 Å². The number of nitrogens with zero attached hydrogens (tertiary/aromatic N) is 2. The fourth-order valence-corrected chi connectivity index (χ4v) is 3.32. The molecule has 9 nitrogen and oxygen atoms in total. The molecule has 0 aliphatic carbocycles. The zero-order chi connectivity index (χ0) is 21.2. The Morgan fingerprint density at radius 3 is 2.38 bits per heavy atom. The number of halogens is 1. The number of hydrogen-bond acceptors (Lipinski definition) is 7. The molecule has 0 aliphatic rings. The maximum absolute atomic E-state index is 12.4. The molecule has 0 saturated heterocycles. The molecule has 2 amide bonds. The summed E-state index contributed by atoms with van der Waals surface area (Å²) in [5, 5.41) is 10.8. The molecule has 0 bridgehead atoms. The van der Waals surface area contributed by atoms with Crippen molar-refractivity contribution in [3.8, 4) is 5.75 Å². The van der Waals surface area contributed by atoms with E-state index in [9.17, 15) is 23.1 Å². The standard InChI is InChI=1S/C18H15ClN4O5S/c1-2-29(27,28)18-20-9-13(19)15(21-18)17(26)23-22-16(25)12-7-10-5-3-4-6-11(10)8-14(12)24/h3-9,24H,2H2,1H3,(H,22,25)(H,23,26). The van der Waals surface area contributed by atoms with Gasteiger partial charge in [0.1, 0.15) is 5.75 Å². The summed E-state index contributed by atoms with van der Waals surface area (Å²) in [7, 11) is -3.75. The number of fused-ring (bicyclic) bond motifs is 1. The van der Waals surface area contributed by atoms with Crippen LogP contribution in [0.25, 0.3) is 10.8 Å². The lowest BCUT2D eigenvalue weighted by atomic mass is 10.1. The van der Waals surface area contributed by atoms with Crippen molar-refractivity contribution in [3.05, 3.63) is 58.9 Å². The van der Waals surface area contributed by atoms with Crippen LogP contribution in [-0.2, 0) is 9.84 Å². The van der Waals surface area contributed by atoms with Crippen molar-refractivity contribution in [2.24, 2.45) is 0 Å². The third-order valence-corrected chi connectivity index (χ3v) is 5.78. The van der Waals surface area contributed by atoms with Crippen molar-refractivity contribution in [2.45, 2.75) is 12.1 Å². The third kappa shape index (κ3) is 4.28. The number of carbonyl (C=O) groups excluding carboxylic acids is 2. The molecular weight excluding hydrogens is 420 g/mol. The lowest BCUT2D eigenvalue weighted by Crippen LogP contribution is -2.42. The van der Waals surface area contributed by atoms with Crippen LogP contribution in [0.15, 0.2) is 47.8 Å². The van der Waals surface area contributed by atoms with E-state index in [0.717, 1.165) is 17.0 Å². The van der Waals surface area contributed by atoms with Gasteiger partial charge < -0.3 is 5.11 Å². The predicted molar refractivity (Wildman–Crippen MR) is 105 cm³/mol. The Balaban J connectivity index is 1.80. The van der Waals surface area contributed by atoms with Crippen LogP contribution < -0.4 is 10.9 Å². The summed E-state index contributed by atoms with van der Waals surface area (Å²) in [5.41, 5.74) is 3.74. The average molecular weight is 435 g/mol. The van der Waals surface area contributed by atoms with Crippen LogP contribution in [0.4, 0.5) is 0 Å². The summed E-state index contributed by atoms with van der Waals surface area (Å²) < 4.78 is 23.8. The van der Waals surface area contributed by atoms with E-state index in [4.69, 9.17) is 11.6 Å². The van der Waals surface area contributed by atoms with Gasteiger partial charge in [0.05, 0.1) is 22.5 Å². The second-order valence-corrected chi connectivity index (χ2v) is 8.46. The molecule has 3 N–H and O–H groups in total. The third-order valence-electron chi connectivity index (χ3n) is 3.99. The summed E-state index contributed by atoms with van der Waals surface area (Å²) in [6.07, 6.45) is 0.989. The Morgan fingerprint density at radius 2 is 1.72 bits per heavy atom. The fraction of sp³-hybridized carbons (Fsp3) is 0.111.